The molecule has 0 saturated carbocycles. The predicted molar refractivity (Wildman–Crippen MR) is 151 cm³/mol. The second-order valence-corrected chi connectivity index (χ2v) is 11.2. The molecule has 2 aliphatic rings. The lowest BCUT2D eigenvalue weighted by Crippen LogP contribution is -2.48. The number of hydrogen-bond acceptors (Lipinski definition) is 9. The summed E-state index contributed by atoms with van der Waals surface area (Å²) < 4.78 is 6.93. The van der Waals surface area contributed by atoms with E-state index in [0.717, 1.165) is 48.1 Å². The number of carbonyl (C=O) groups excluding carboxylic acids is 2. The van der Waals surface area contributed by atoms with Gasteiger partial charge in [0, 0.05) is 62.3 Å². The minimum absolute atomic E-state index is 0.0113. The van der Waals surface area contributed by atoms with Crippen LogP contribution in [0.5, 0.6) is 5.75 Å². The number of thiazole rings is 1. The number of rotatable bonds is 5. The molecule has 2 aliphatic heterocycles. The Bertz CT molecular complexity index is 1530. The molecule has 11 nitrogen and oxygen atoms in total. The van der Waals surface area contributed by atoms with Gasteiger partial charge in [0.2, 0.25) is 0 Å². The number of methoxy groups -OCH3 is 1. The van der Waals surface area contributed by atoms with Crippen LogP contribution in [0, 0.1) is 13.8 Å². The smallest absolute Gasteiger partial charge is 0.276 e. The number of aryl methyl sites for hydroxylation is 2. The van der Waals surface area contributed by atoms with Crippen LogP contribution in [0.3, 0.4) is 0 Å². The van der Waals surface area contributed by atoms with E-state index in [0.29, 0.717) is 48.9 Å². The number of ether oxygens (including phenoxy) is 1. The molecule has 2 fully saturated rings. The summed E-state index contributed by atoms with van der Waals surface area (Å²) in [4.78, 5) is 37.2. The van der Waals surface area contributed by atoms with Crippen LogP contribution < -0.4 is 9.64 Å². The molecule has 0 unspecified atom stereocenters. The first kappa shape index (κ1) is 26.2. The molecule has 0 aliphatic carbocycles. The molecule has 12 heteroatoms. The Labute approximate surface area is 236 Å². The first-order chi connectivity index (χ1) is 19.4. The monoisotopic (exact) mass is 560 g/mol. The number of amides is 2. The van der Waals surface area contributed by atoms with Crippen LogP contribution in [0.1, 0.15) is 56.1 Å². The van der Waals surface area contributed by atoms with Gasteiger partial charge in [0.05, 0.1) is 23.5 Å². The normalized spacial score (nSPS) is 16.5. The minimum atomic E-state index is -0.123. The lowest BCUT2D eigenvalue weighted by atomic mass is 9.97. The number of likely N-dealkylation sites (tertiary alicyclic amines) is 1. The van der Waals surface area contributed by atoms with E-state index in [1.54, 1.807) is 23.0 Å². The number of aromatic nitrogens is 5. The Morgan fingerprint density at radius 3 is 2.33 bits per heavy atom. The summed E-state index contributed by atoms with van der Waals surface area (Å²) in [5.41, 5.74) is 4.15. The fourth-order valence-electron chi connectivity index (χ4n) is 5.45. The maximum Gasteiger partial charge on any atom is 0.276 e. The molecular weight excluding hydrogens is 528 g/mol. The van der Waals surface area contributed by atoms with Gasteiger partial charge in [-0.25, -0.2) is 9.50 Å². The second-order valence-electron chi connectivity index (χ2n) is 10.3. The van der Waals surface area contributed by atoms with Crippen LogP contribution in [0.15, 0.2) is 35.7 Å². The quantitative estimate of drug-likeness (QED) is 0.366. The van der Waals surface area contributed by atoms with E-state index in [9.17, 15) is 9.59 Å². The maximum atomic E-state index is 13.2. The average molecular weight is 561 g/mol. The summed E-state index contributed by atoms with van der Waals surface area (Å²) in [7, 11) is 1.66. The highest BCUT2D eigenvalue weighted by Crippen LogP contribution is 2.31. The molecule has 0 N–H and O–H groups in total. The second kappa shape index (κ2) is 10.8. The zero-order chi connectivity index (χ0) is 27.8. The van der Waals surface area contributed by atoms with E-state index >= 15 is 0 Å². The number of carbonyl (C=O) groups is 2. The van der Waals surface area contributed by atoms with Gasteiger partial charge in [-0.15, -0.1) is 21.5 Å². The molecule has 0 radical (unpaired) electrons. The molecule has 0 atom stereocenters. The van der Waals surface area contributed by atoms with Gasteiger partial charge in [-0.05, 0) is 51.0 Å². The summed E-state index contributed by atoms with van der Waals surface area (Å²) in [6, 6.07) is 9.86. The van der Waals surface area contributed by atoms with E-state index in [2.05, 4.69) is 32.3 Å². The fourth-order valence-corrected chi connectivity index (χ4v) is 6.42. The third-order valence-corrected chi connectivity index (χ3v) is 8.81. The van der Waals surface area contributed by atoms with Crippen LogP contribution >= 0.6 is 11.3 Å². The zero-order valence-electron chi connectivity index (χ0n) is 22.9. The molecule has 2 saturated heterocycles. The summed E-state index contributed by atoms with van der Waals surface area (Å²) in [5, 5.41) is 15.7. The molecular formula is C28H32N8O3S. The molecule has 5 heterocycles. The van der Waals surface area contributed by atoms with E-state index in [1.807, 2.05) is 47.2 Å². The molecule has 0 spiro atoms. The number of fused-ring (bicyclic) bond motifs is 1. The summed E-state index contributed by atoms with van der Waals surface area (Å²) in [5.74, 6) is 0.928. The Kier molecular flexibility index (Phi) is 7.09. The first-order valence-electron chi connectivity index (χ1n) is 13.5. The van der Waals surface area contributed by atoms with Crippen molar-refractivity contribution in [2.75, 3.05) is 51.3 Å². The fraction of sp³-hybridized carbons (Fsp3) is 0.429. The standard InChI is InChI=1S/C28H32N8O3S/c1-18-16-24-30-31-25(19(2)36(24)32-18)28(38)34-10-8-20(9-11-34)26-29-23(17-40-26)27(37)35-14-12-33(13-15-35)21-4-6-22(39-3)7-5-21/h4-7,16-17,20H,8-15H2,1-3H3. The van der Waals surface area contributed by atoms with Gasteiger partial charge in [-0.2, -0.15) is 5.10 Å². The number of nitrogens with zero attached hydrogens (tertiary/aromatic N) is 8. The minimum Gasteiger partial charge on any atom is -0.497 e. The van der Waals surface area contributed by atoms with Crippen LogP contribution in [0.25, 0.3) is 5.65 Å². The Morgan fingerprint density at radius 1 is 0.925 bits per heavy atom. The van der Waals surface area contributed by atoms with Gasteiger partial charge in [0.25, 0.3) is 11.8 Å². The van der Waals surface area contributed by atoms with Crippen molar-refractivity contribution in [3.8, 4) is 5.75 Å². The number of piperidine rings is 1. The van der Waals surface area contributed by atoms with E-state index < -0.39 is 0 Å². The molecule has 208 valence electrons. The van der Waals surface area contributed by atoms with Crippen LogP contribution in [0.4, 0.5) is 5.69 Å². The average Bonchev–Trinajstić information content (AvgIpc) is 3.64. The molecule has 40 heavy (non-hydrogen) atoms. The van der Waals surface area contributed by atoms with Gasteiger partial charge in [0.1, 0.15) is 11.4 Å². The maximum absolute atomic E-state index is 13.2. The van der Waals surface area contributed by atoms with Gasteiger partial charge >= 0.3 is 0 Å². The largest absolute Gasteiger partial charge is 0.497 e. The third kappa shape index (κ3) is 4.99. The van der Waals surface area contributed by atoms with Crippen LogP contribution in [-0.2, 0) is 0 Å². The summed E-state index contributed by atoms with van der Waals surface area (Å²) >= 11 is 1.54. The van der Waals surface area contributed by atoms with E-state index in [4.69, 9.17) is 9.72 Å². The Morgan fingerprint density at radius 2 is 1.62 bits per heavy atom. The van der Waals surface area contributed by atoms with Gasteiger partial charge < -0.3 is 19.4 Å². The van der Waals surface area contributed by atoms with Crippen molar-refractivity contribution in [2.24, 2.45) is 0 Å². The molecule has 1 aromatic carbocycles. The van der Waals surface area contributed by atoms with Crippen molar-refractivity contribution in [1.82, 2.24) is 34.6 Å². The molecule has 2 amide bonds. The summed E-state index contributed by atoms with van der Waals surface area (Å²) in [6.45, 7) is 7.82. The van der Waals surface area contributed by atoms with Gasteiger partial charge in [-0.3, -0.25) is 9.59 Å². The van der Waals surface area contributed by atoms with Gasteiger partial charge in [-0.1, -0.05) is 0 Å². The highest BCUT2D eigenvalue weighted by Gasteiger charge is 2.30. The highest BCUT2D eigenvalue weighted by atomic mass is 32.1. The zero-order valence-corrected chi connectivity index (χ0v) is 23.7. The van der Waals surface area contributed by atoms with Crippen molar-refractivity contribution in [1.29, 1.82) is 0 Å². The number of benzene rings is 1. The molecule has 6 rings (SSSR count). The number of piperazine rings is 1. The van der Waals surface area contributed by atoms with Crippen molar-refractivity contribution < 1.29 is 14.3 Å². The SMILES string of the molecule is COc1ccc(N2CCN(C(=O)c3csc(C4CCN(C(=O)c5nnc6cc(C)nn6c5C)CC4)n3)CC2)cc1. The van der Waals surface area contributed by atoms with Crippen molar-refractivity contribution in [3.63, 3.8) is 0 Å². The van der Waals surface area contributed by atoms with E-state index in [1.165, 1.54) is 0 Å². The van der Waals surface area contributed by atoms with Crippen molar-refractivity contribution in [2.45, 2.75) is 32.6 Å². The van der Waals surface area contributed by atoms with Crippen molar-refractivity contribution >= 4 is 34.5 Å². The lowest BCUT2D eigenvalue weighted by Gasteiger charge is -2.35. The predicted octanol–water partition coefficient (Wildman–Crippen LogP) is 3.19. The van der Waals surface area contributed by atoms with Crippen molar-refractivity contribution in [3.05, 3.63) is 63.5 Å². The third-order valence-electron chi connectivity index (χ3n) is 7.81. The molecule has 4 aromatic rings. The molecule has 0 bridgehead atoms. The Balaban J connectivity index is 1.04. The van der Waals surface area contributed by atoms with E-state index in [-0.39, 0.29) is 17.7 Å². The first-order valence-corrected chi connectivity index (χ1v) is 14.4. The Hall–Kier alpha value is -4.06. The summed E-state index contributed by atoms with van der Waals surface area (Å²) in [6.07, 6.45) is 1.59. The highest BCUT2D eigenvalue weighted by molar-refractivity contribution is 7.09. The molecule has 3 aromatic heterocycles. The van der Waals surface area contributed by atoms with Crippen LogP contribution in [0.2, 0.25) is 0 Å². The van der Waals surface area contributed by atoms with Gasteiger partial charge in [0.15, 0.2) is 11.3 Å². The number of hydrogen-bond donors (Lipinski definition) is 0. The number of anilines is 1. The lowest BCUT2D eigenvalue weighted by molar-refractivity contribution is 0.0703. The topological polar surface area (TPSA) is 109 Å². The van der Waals surface area contributed by atoms with Crippen LogP contribution in [-0.4, -0.2) is 92.8 Å².